The maximum atomic E-state index is 11.9. The fraction of sp³-hybridized carbons (Fsp3) is 0.263. The number of ether oxygens (including phenoxy) is 2. The van der Waals surface area contributed by atoms with Gasteiger partial charge in [-0.25, -0.2) is 0 Å². The van der Waals surface area contributed by atoms with Crippen LogP contribution in [0.25, 0.3) is 0 Å². The summed E-state index contributed by atoms with van der Waals surface area (Å²) in [4.78, 5) is 11.9. The Bertz CT molecular complexity index is 748. The lowest BCUT2D eigenvalue weighted by Gasteiger charge is -2.13. The highest BCUT2D eigenvalue weighted by Gasteiger charge is 2.07. The van der Waals surface area contributed by atoms with Crippen molar-refractivity contribution in [2.24, 2.45) is 0 Å². The second kappa shape index (κ2) is 9.62. The van der Waals surface area contributed by atoms with Crippen molar-refractivity contribution in [2.75, 3.05) is 19.0 Å². The van der Waals surface area contributed by atoms with Crippen LogP contribution in [0.4, 0.5) is 5.69 Å². The lowest BCUT2D eigenvalue weighted by Crippen LogP contribution is -2.45. The van der Waals surface area contributed by atoms with Crippen molar-refractivity contribution in [3.63, 3.8) is 0 Å². The van der Waals surface area contributed by atoms with Gasteiger partial charge in [0.2, 0.25) is 0 Å². The molecule has 0 aliphatic heterocycles. The monoisotopic (exact) mass is 373 g/mol. The van der Waals surface area contributed by atoms with Gasteiger partial charge in [-0.1, -0.05) is 38.1 Å². The third-order valence-electron chi connectivity index (χ3n) is 3.58. The van der Waals surface area contributed by atoms with Crippen molar-refractivity contribution in [3.05, 3.63) is 54.1 Å². The third-order valence-corrected chi connectivity index (χ3v) is 3.78. The Kier molecular flexibility index (Phi) is 7.23. The second-order valence-corrected chi connectivity index (χ2v) is 6.25. The van der Waals surface area contributed by atoms with E-state index in [0.29, 0.717) is 17.4 Å². The highest BCUT2D eigenvalue weighted by molar-refractivity contribution is 7.80. The Hall–Kier alpha value is -2.80. The van der Waals surface area contributed by atoms with Gasteiger partial charge in [0.1, 0.15) is 0 Å². The molecule has 0 aliphatic carbocycles. The van der Waals surface area contributed by atoms with E-state index in [1.54, 1.807) is 25.3 Å². The van der Waals surface area contributed by atoms with Crippen molar-refractivity contribution in [2.45, 2.75) is 19.8 Å². The topological polar surface area (TPSA) is 71.6 Å². The van der Waals surface area contributed by atoms with Gasteiger partial charge < -0.3 is 14.8 Å². The molecular formula is C19H23N3O3S. The summed E-state index contributed by atoms with van der Waals surface area (Å²) in [5, 5.41) is 3.29. The van der Waals surface area contributed by atoms with Gasteiger partial charge in [0.25, 0.3) is 5.91 Å². The summed E-state index contributed by atoms with van der Waals surface area (Å²) in [7, 11) is 1.54. The number of rotatable bonds is 6. The highest BCUT2D eigenvalue weighted by Crippen LogP contribution is 2.25. The number of hydrogen-bond acceptors (Lipinski definition) is 4. The summed E-state index contributed by atoms with van der Waals surface area (Å²) >= 11 is 5.16. The molecule has 0 spiro atoms. The molecule has 1 amide bonds. The van der Waals surface area contributed by atoms with Gasteiger partial charge in [-0.05, 0) is 48.0 Å². The molecule has 26 heavy (non-hydrogen) atoms. The largest absolute Gasteiger partial charge is 0.493 e. The van der Waals surface area contributed by atoms with E-state index in [0.717, 1.165) is 5.69 Å². The van der Waals surface area contributed by atoms with E-state index in [9.17, 15) is 4.79 Å². The molecule has 0 saturated heterocycles. The molecule has 2 aromatic carbocycles. The number of hydrogen-bond donors (Lipinski definition) is 3. The third kappa shape index (κ3) is 5.93. The average molecular weight is 373 g/mol. The Morgan fingerprint density at radius 3 is 2.31 bits per heavy atom. The van der Waals surface area contributed by atoms with Crippen molar-refractivity contribution < 1.29 is 14.3 Å². The van der Waals surface area contributed by atoms with Crippen LogP contribution in [-0.2, 0) is 4.79 Å². The number of methoxy groups -OCH3 is 1. The predicted molar refractivity (Wildman–Crippen MR) is 107 cm³/mol. The average Bonchev–Trinajstić information content (AvgIpc) is 2.65. The van der Waals surface area contributed by atoms with Crippen LogP contribution in [0.2, 0.25) is 0 Å². The number of anilines is 1. The second-order valence-electron chi connectivity index (χ2n) is 5.84. The first-order valence-corrected chi connectivity index (χ1v) is 8.62. The van der Waals surface area contributed by atoms with Gasteiger partial charge >= 0.3 is 0 Å². The predicted octanol–water partition coefficient (Wildman–Crippen LogP) is 3.22. The quantitative estimate of drug-likeness (QED) is 0.533. The van der Waals surface area contributed by atoms with Crippen LogP contribution < -0.4 is 25.6 Å². The Labute approximate surface area is 158 Å². The van der Waals surface area contributed by atoms with Gasteiger partial charge in [0, 0.05) is 5.69 Å². The maximum absolute atomic E-state index is 11.9. The molecule has 0 heterocycles. The summed E-state index contributed by atoms with van der Waals surface area (Å²) in [6.07, 6.45) is 0. The molecule has 0 saturated carbocycles. The van der Waals surface area contributed by atoms with Crippen molar-refractivity contribution >= 4 is 28.9 Å². The summed E-state index contributed by atoms with van der Waals surface area (Å²) in [6.45, 7) is 4.10. The van der Waals surface area contributed by atoms with Gasteiger partial charge in [0.15, 0.2) is 23.2 Å². The zero-order chi connectivity index (χ0) is 18.9. The van der Waals surface area contributed by atoms with Crippen molar-refractivity contribution in [1.82, 2.24) is 10.9 Å². The molecule has 138 valence electrons. The fourth-order valence-corrected chi connectivity index (χ4v) is 2.33. The molecule has 7 heteroatoms. The molecule has 2 aromatic rings. The zero-order valence-corrected chi connectivity index (χ0v) is 15.9. The number of carbonyl (C=O) groups excluding carboxylic acids is 1. The summed E-state index contributed by atoms with van der Waals surface area (Å²) < 4.78 is 10.6. The first kappa shape index (κ1) is 19.5. The number of thiocarbonyl (C=S) groups is 1. The fourth-order valence-electron chi connectivity index (χ4n) is 2.16. The maximum Gasteiger partial charge on any atom is 0.276 e. The summed E-state index contributed by atoms with van der Waals surface area (Å²) in [5.74, 6) is 1.17. The lowest BCUT2D eigenvalue weighted by molar-refractivity contribution is -0.123. The van der Waals surface area contributed by atoms with Gasteiger partial charge in [-0.2, -0.15) is 0 Å². The van der Waals surface area contributed by atoms with E-state index in [2.05, 4.69) is 30.0 Å². The highest BCUT2D eigenvalue weighted by atomic mass is 32.1. The number of nitrogens with one attached hydrogen (secondary N) is 3. The SMILES string of the molecule is COc1ccccc1OCC(=O)NNC(=S)Nc1ccc(C(C)C)cc1. The van der Waals surface area contributed by atoms with Crippen LogP contribution in [0.1, 0.15) is 25.3 Å². The number of carbonyl (C=O) groups is 1. The standard InChI is InChI=1S/C19H23N3O3S/c1-13(2)14-8-10-15(11-9-14)20-19(26)22-21-18(23)12-25-17-7-5-4-6-16(17)24-3/h4-11,13H,12H2,1-3H3,(H,21,23)(H2,20,22,26). The molecule has 0 atom stereocenters. The van der Waals surface area contributed by atoms with Crippen molar-refractivity contribution in [3.8, 4) is 11.5 Å². The molecule has 0 radical (unpaired) electrons. The smallest absolute Gasteiger partial charge is 0.276 e. The minimum atomic E-state index is -0.366. The molecule has 2 rings (SSSR count). The molecule has 0 bridgehead atoms. The normalized spacial score (nSPS) is 10.2. The molecule has 6 nitrogen and oxygen atoms in total. The lowest BCUT2D eigenvalue weighted by atomic mass is 10.0. The number of hydrazine groups is 1. The van der Waals surface area contributed by atoms with Crippen LogP contribution in [0.3, 0.4) is 0 Å². The number of amides is 1. The summed E-state index contributed by atoms with van der Waals surface area (Å²) in [6, 6.07) is 15.1. The van der Waals surface area contributed by atoms with Crippen LogP contribution in [-0.4, -0.2) is 24.7 Å². The summed E-state index contributed by atoms with van der Waals surface area (Å²) in [5.41, 5.74) is 7.21. The molecular weight excluding hydrogens is 350 g/mol. The van der Waals surface area contributed by atoms with Crippen LogP contribution >= 0.6 is 12.2 Å². The minimum absolute atomic E-state index is 0.168. The van der Waals surface area contributed by atoms with Crippen molar-refractivity contribution in [1.29, 1.82) is 0 Å². The van der Waals surface area contributed by atoms with E-state index in [4.69, 9.17) is 21.7 Å². The minimum Gasteiger partial charge on any atom is -0.493 e. The Balaban J connectivity index is 1.75. The van der Waals surface area contributed by atoms with E-state index < -0.39 is 0 Å². The van der Waals surface area contributed by atoms with Gasteiger partial charge in [-0.3, -0.25) is 15.6 Å². The van der Waals surface area contributed by atoms with Crippen LogP contribution in [0.15, 0.2) is 48.5 Å². The van der Waals surface area contributed by atoms with Gasteiger partial charge in [-0.15, -0.1) is 0 Å². The van der Waals surface area contributed by atoms with E-state index in [1.165, 1.54) is 5.56 Å². The Morgan fingerprint density at radius 2 is 1.69 bits per heavy atom. The first-order chi connectivity index (χ1) is 12.5. The molecule has 0 aromatic heterocycles. The van der Waals surface area contributed by atoms with Crippen LogP contribution in [0, 0.1) is 0 Å². The number of para-hydroxylation sites is 2. The molecule has 0 aliphatic rings. The van der Waals surface area contributed by atoms with Crippen LogP contribution in [0.5, 0.6) is 11.5 Å². The van der Waals surface area contributed by atoms with E-state index >= 15 is 0 Å². The van der Waals surface area contributed by atoms with E-state index in [-0.39, 0.29) is 17.6 Å². The molecule has 0 fully saturated rings. The molecule has 0 unspecified atom stereocenters. The zero-order valence-electron chi connectivity index (χ0n) is 15.0. The van der Waals surface area contributed by atoms with Gasteiger partial charge in [0.05, 0.1) is 7.11 Å². The Morgan fingerprint density at radius 1 is 1.04 bits per heavy atom. The number of benzene rings is 2. The first-order valence-electron chi connectivity index (χ1n) is 8.21. The van der Waals surface area contributed by atoms with E-state index in [1.807, 2.05) is 30.3 Å². The molecule has 3 N–H and O–H groups in total.